The third-order valence-corrected chi connectivity index (χ3v) is 4.83. The van der Waals surface area contributed by atoms with Crippen LogP contribution in [0.25, 0.3) is 11.3 Å². The van der Waals surface area contributed by atoms with Gasteiger partial charge in [-0.25, -0.2) is 4.98 Å². The molecule has 3 heterocycles. The zero-order chi connectivity index (χ0) is 22.0. The molecule has 1 amide bonds. The molecule has 1 unspecified atom stereocenters. The van der Waals surface area contributed by atoms with Gasteiger partial charge in [-0.05, 0) is 48.9 Å². The number of β-amino-alcohol motifs (C(OH)–C–C–N with tert-alkyl or cyclic N) is 1. The highest BCUT2D eigenvalue weighted by Crippen LogP contribution is 2.31. The van der Waals surface area contributed by atoms with Crippen LogP contribution in [0.3, 0.4) is 0 Å². The van der Waals surface area contributed by atoms with Gasteiger partial charge >= 0.3 is 6.36 Å². The molecule has 4 rings (SSSR count). The number of H-pyrrole nitrogens is 1. The molecule has 1 saturated heterocycles. The number of aromatic nitrogens is 2. The maximum Gasteiger partial charge on any atom is 0.573 e. The topological polar surface area (TPSA) is 90.5 Å². The number of hydrogen-bond acceptors (Lipinski definition) is 5. The number of pyridine rings is 1. The normalized spacial score (nSPS) is 16.4. The molecule has 31 heavy (non-hydrogen) atoms. The molecule has 162 valence electrons. The Hall–Kier alpha value is -3.53. The number of carbonyl (C=O) groups is 1. The zero-order valence-electron chi connectivity index (χ0n) is 16.2. The van der Waals surface area contributed by atoms with Crippen LogP contribution < -0.4 is 15.0 Å². The number of anilines is 2. The van der Waals surface area contributed by atoms with Crippen molar-refractivity contribution in [3.05, 3.63) is 60.4 Å². The van der Waals surface area contributed by atoms with Gasteiger partial charge in [0, 0.05) is 42.4 Å². The van der Waals surface area contributed by atoms with Crippen LogP contribution in [0.1, 0.15) is 16.8 Å². The number of hydrogen-bond donors (Lipinski definition) is 3. The number of amides is 1. The van der Waals surface area contributed by atoms with Gasteiger partial charge in [0.2, 0.25) is 0 Å². The van der Waals surface area contributed by atoms with Gasteiger partial charge < -0.3 is 25.0 Å². The highest BCUT2D eigenvalue weighted by molar-refractivity contribution is 6.05. The Morgan fingerprint density at radius 3 is 2.65 bits per heavy atom. The van der Waals surface area contributed by atoms with Crippen LogP contribution in [0.15, 0.2) is 54.9 Å². The van der Waals surface area contributed by atoms with Crippen molar-refractivity contribution in [1.29, 1.82) is 0 Å². The molecule has 0 spiro atoms. The molecular weight excluding hydrogens is 413 g/mol. The predicted molar refractivity (Wildman–Crippen MR) is 108 cm³/mol. The molecular formula is C21H19F3N4O3. The second kappa shape index (κ2) is 8.31. The standard InChI is InChI=1S/C21H19F3N4O3/c22-21(23,24)31-16-5-3-14(4-6-16)27-20(30)13-10-17(18-2-1-8-25-18)19(26-11-13)28-9-7-15(29)12-28/h1-6,8,10-11,15,25,29H,7,9,12H2,(H,27,30). The van der Waals surface area contributed by atoms with Crippen LogP contribution in [-0.2, 0) is 0 Å². The molecule has 7 nitrogen and oxygen atoms in total. The van der Waals surface area contributed by atoms with Gasteiger partial charge in [0.1, 0.15) is 11.6 Å². The minimum atomic E-state index is -4.78. The summed E-state index contributed by atoms with van der Waals surface area (Å²) in [6.07, 6.45) is -1.37. The SMILES string of the molecule is O=C(Nc1ccc(OC(F)(F)F)cc1)c1cnc(N2CCC(O)C2)c(-c2ccc[nH]2)c1. The Labute approximate surface area is 175 Å². The van der Waals surface area contributed by atoms with Gasteiger partial charge in [0.15, 0.2) is 0 Å². The van der Waals surface area contributed by atoms with Crippen LogP contribution >= 0.6 is 0 Å². The van der Waals surface area contributed by atoms with Crippen LogP contribution in [0.2, 0.25) is 0 Å². The van der Waals surface area contributed by atoms with E-state index >= 15 is 0 Å². The lowest BCUT2D eigenvalue weighted by Gasteiger charge is -2.20. The van der Waals surface area contributed by atoms with Gasteiger partial charge in [0.05, 0.1) is 11.7 Å². The molecule has 3 aromatic rings. The fourth-order valence-corrected chi connectivity index (χ4v) is 3.41. The first kappa shape index (κ1) is 20.7. The quantitative estimate of drug-likeness (QED) is 0.571. The largest absolute Gasteiger partial charge is 0.573 e. The van der Waals surface area contributed by atoms with E-state index in [-0.39, 0.29) is 11.3 Å². The lowest BCUT2D eigenvalue weighted by molar-refractivity contribution is -0.274. The molecule has 2 aromatic heterocycles. The van der Waals surface area contributed by atoms with Crippen molar-refractivity contribution in [3.8, 4) is 17.0 Å². The Kier molecular flexibility index (Phi) is 5.55. The summed E-state index contributed by atoms with van der Waals surface area (Å²) in [6.45, 7) is 1.11. The van der Waals surface area contributed by atoms with Crippen LogP contribution in [-0.4, -0.2) is 46.5 Å². The number of aromatic amines is 1. The maximum atomic E-state index is 12.7. The Morgan fingerprint density at radius 2 is 2.03 bits per heavy atom. The van der Waals surface area contributed by atoms with Gasteiger partial charge in [-0.3, -0.25) is 4.79 Å². The number of aliphatic hydroxyl groups is 1. The molecule has 0 saturated carbocycles. The van der Waals surface area contributed by atoms with E-state index in [9.17, 15) is 23.1 Å². The van der Waals surface area contributed by atoms with Crippen molar-refractivity contribution < 1.29 is 27.8 Å². The lowest BCUT2D eigenvalue weighted by Crippen LogP contribution is -2.23. The van der Waals surface area contributed by atoms with E-state index in [0.29, 0.717) is 36.6 Å². The monoisotopic (exact) mass is 432 g/mol. The lowest BCUT2D eigenvalue weighted by atomic mass is 10.1. The molecule has 1 aliphatic rings. The highest BCUT2D eigenvalue weighted by atomic mass is 19.4. The minimum Gasteiger partial charge on any atom is -0.406 e. The first-order chi connectivity index (χ1) is 14.8. The van der Waals surface area contributed by atoms with Crippen LogP contribution in [0.5, 0.6) is 5.75 Å². The fourth-order valence-electron chi connectivity index (χ4n) is 3.41. The predicted octanol–water partition coefficient (Wildman–Crippen LogP) is 3.80. The summed E-state index contributed by atoms with van der Waals surface area (Å²) in [5.41, 5.74) is 2.07. The van der Waals surface area contributed by atoms with E-state index < -0.39 is 18.4 Å². The summed E-state index contributed by atoms with van der Waals surface area (Å²) in [5, 5.41) is 12.5. The Morgan fingerprint density at radius 1 is 1.26 bits per heavy atom. The van der Waals surface area contributed by atoms with E-state index in [4.69, 9.17) is 0 Å². The molecule has 10 heteroatoms. The maximum absolute atomic E-state index is 12.7. The number of carbonyl (C=O) groups excluding carboxylic acids is 1. The minimum absolute atomic E-state index is 0.281. The van der Waals surface area contributed by atoms with E-state index in [1.807, 2.05) is 17.0 Å². The van der Waals surface area contributed by atoms with E-state index in [2.05, 4.69) is 20.0 Å². The molecule has 1 aromatic carbocycles. The third kappa shape index (κ3) is 4.97. The molecule has 1 fully saturated rings. The van der Waals surface area contributed by atoms with Gasteiger partial charge in [0.25, 0.3) is 5.91 Å². The first-order valence-electron chi connectivity index (χ1n) is 9.52. The van der Waals surface area contributed by atoms with Gasteiger partial charge in [-0.15, -0.1) is 13.2 Å². The number of nitrogens with zero attached hydrogens (tertiary/aromatic N) is 2. The van der Waals surface area contributed by atoms with Crippen LogP contribution in [0.4, 0.5) is 24.7 Å². The third-order valence-electron chi connectivity index (χ3n) is 4.83. The van der Waals surface area contributed by atoms with Crippen molar-refractivity contribution in [2.24, 2.45) is 0 Å². The van der Waals surface area contributed by atoms with E-state index in [0.717, 1.165) is 17.8 Å². The van der Waals surface area contributed by atoms with Gasteiger partial charge in [-0.1, -0.05) is 0 Å². The number of nitrogens with one attached hydrogen (secondary N) is 2. The molecule has 1 aliphatic heterocycles. The van der Waals surface area contributed by atoms with Crippen molar-refractivity contribution in [2.75, 3.05) is 23.3 Å². The van der Waals surface area contributed by atoms with E-state index in [1.165, 1.54) is 18.3 Å². The summed E-state index contributed by atoms with van der Waals surface area (Å²) in [5.74, 6) is -0.180. The number of aliphatic hydroxyl groups excluding tert-OH is 1. The molecule has 0 radical (unpaired) electrons. The number of benzene rings is 1. The Bertz CT molecular complexity index is 1050. The summed E-state index contributed by atoms with van der Waals surface area (Å²) < 4.78 is 40.6. The van der Waals surface area contributed by atoms with Gasteiger partial charge in [-0.2, -0.15) is 0 Å². The number of halogens is 3. The van der Waals surface area contributed by atoms with Crippen molar-refractivity contribution in [3.63, 3.8) is 0 Å². The zero-order valence-corrected chi connectivity index (χ0v) is 16.2. The molecule has 0 bridgehead atoms. The summed E-state index contributed by atoms with van der Waals surface area (Å²) in [6, 6.07) is 10.2. The summed E-state index contributed by atoms with van der Waals surface area (Å²) in [7, 11) is 0. The summed E-state index contributed by atoms with van der Waals surface area (Å²) in [4.78, 5) is 22.2. The van der Waals surface area contributed by atoms with Crippen LogP contribution in [0, 0.1) is 0 Å². The average Bonchev–Trinajstić information content (AvgIpc) is 3.40. The van der Waals surface area contributed by atoms with Crippen molar-refractivity contribution in [2.45, 2.75) is 18.9 Å². The second-order valence-electron chi connectivity index (χ2n) is 7.09. The smallest absolute Gasteiger partial charge is 0.406 e. The molecule has 0 aliphatic carbocycles. The fraction of sp³-hybridized carbons (Fsp3) is 0.238. The summed E-state index contributed by atoms with van der Waals surface area (Å²) >= 11 is 0. The first-order valence-corrected chi connectivity index (χ1v) is 9.52. The number of rotatable bonds is 5. The molecule has 3 N–H and O–H groups in total. The average molecular weight is 432 g/mol. The molecule has 1 atom stereocenters. The van der Waals surface area contributed by atoms with Crippen molar-refractivity contribution >= 4 is 17.4 Å². The second-order valence-corrected chi connectivity index (χ2v) is 7.09. The van der Waals surface area contributed by atoms with E-state index in [1.54, 1.807) is 12.3 Å². The highest BCUT2D eigenvalue weighted by Gasteiger charge is 2.31. The number of ether oxygens (including phenoxy) is 1. The van der Waals surface area contributed by atoms with Crippen molar-refractivity contribution in [1.82, 2.24) is 9.97 Å². The number of alkyl halides is 3. The Balaban J connectivity index is 1.55.